The largest absolute Gasteiger partial charge is 0.458 e. The fourth-order valence-electron chi connectivity index (χ4n) is 6.64. The SMILES string of the molecule is O=C1/C=C/CCCCC[C@H]2O[C@]3(CCCCCC(C(O)CCCCCCCOC[C@H](CO)NS(=O)(=O)O)OC(=O)CN1)CCC[C@H]2O3. The molecule has 0 saturated carbocycles. The number of nitrogens with one attached hydrogen (secondary N) is 2. The monoisotopic (exact) mass is 690 g/mol. The average molecular weight is 691 g/mol. The molecule has 0 aromatic heterocycles. The number of hydrogen-bond donors (Lipinski definition) is 5. The zero-order valence-electron chi connectivity index (χ0n) is 27.8. The van der Waals surface area contributed by atoms with E-state index in [9.17, 15) is 28.2 Å². The number of carbonyl (C=O) groups excluding carboxylic acids is 2. The third-order valence-corrected chi connectivity index (χ3v) is 9.76. The van der Waals surface area contributed by atoms with Crippen LogP contribution >= 0.6 is 0 Å². The third-order valence-electron chi connectivity index (χ3n) is 9.13. The zero-order valence-corrected chi connectivity index (χ0v) is 28.6. The van der Waals surface area contributed by atoms with Crippen molar-refractivity contribution in [2.75, 3.05) is 26.4 Å². The summed E-state index contributed by atoms with van der Waals surface area (Å²) in [5.41, 5.74) is 0. The number of aliphatic hydroxyl groups is 2. The highest BCUT2D eigenvalue weighted by molar-refractivity contribution is 7.83. The van der Waals surface area contributed by atoms with E-state index in [1.165, 1.54) is 6.08 Å². The van der Waals surface area contributed by atoms with Crippen LogP contribution in [-0.4, -0.2) is 97.7 Å². The Kier molecular flexibility index (Phi) is 18.1. The van der Waals surface area contributed by atoms with E-state index in [-0.39, 0.29) is 31.3 Å². The topological polar surface area (TPSA) is 190 Å². The van der Waals surface area contributed by atoms with Crippen molar-refractivity contribution in [2.24, 2.45) is 0 Å². The van der Waals surface area contributed by atoms with Crippen LogP contribution in [0.15, 0.2) is 12.2 Å². The van der Waals surface area contributed by atoms with E-state index in [2.05, 4.69) is 5.32 Å². The summed E-state index contributed by atoms with van der Waals surface area (Å²) in [6.07, 6.45) is 18.8. The van der Waals surface area contributed by atoms with Crippen LogP contribution in [0.25, 0.3) is 0 Å². The van der Waals surface area contributed by atoms with Crippen LogP contribution < -0.4 is 10.0 Å². The number of fused-ring (bicyclic) bond motifs is 3. The van der Waals surface area contributed by atoms with Gasteiger partial charge in [-0.2, -0.15) is 13.1 Å². The Balaban J connectivity index is 1.41. The van der Waals surface area contributed by atoms with Crippen molar-refractivity contribution in [3.05, 3.63) is 12.2 Å². The highest BCUT2D eigenvalue weighted by atomic mass is 32.2. The minimum Gasteiger partial charge on any atom is -0.458 e. The molecule has 3 heterocycles. The maximum absolute atomic E-state index is 12.6. The Bertz CT molecular complexity index is 1060. The van der Waals surface area contributed by atoms with Gasteiger partial charge in [0.05, 0.1) is 37.6 Å². The first kappa shape index (κ1) is 39.8. The molecule has 3 aliphatic rings. The highest BCUT2D eigenvalue weighted by Crippen LogP contribution is 2.44. The van der Waals surface area contributed by atoms with Crippen LogP contribution in [0.4, 0.5) is 0 Å². The molecule has 13 nitrogen and oxygen atoms in total. The Hall–Kier alpha value is -1.65. The Morgan fingerprint density at radius 3 is 2.38 bits per heavy atom. The molecule has 0 aliphatic carbocycles. The lowest BCUT2D eigenvalue weighted by atomic mass is 9.95. The van der Waals surface area contributed by atoms with Crippen LogP contribution in [-0.2, 0) is 38.8 Å². The Labute approximate surface area is 280 Å². The molecule has 0 radical (unpaired) electrons. The number of unbranched alkanes of at least 4 members (excludes halogenated alkanes) is 4. The number of carbonyl (C=O) groups is 2. The summed E-state index contributed by atoms with van der Waals surface area (Å²) < 4.78 is 56.4. The molecule has 1 spiro atoms. The summed E-state index contributed by atoms with van der Waals surface area (Å²) in [5.74, 6) is -1.38. The van der Waals surface area contributed by atoms with E-state index in [1.54, 1.807) is 0 Å². The summed E-state index contributed by atoms with van der Waals surface area (Å²) in [6, 6.07) is -0.905. The number of ether oxygens (including phenoxy) is 4. The van der Waals surface area contributed by atoms with Crippen LogP contribution in [0.5, 0.6) is 0 Å². The fourth-order valence-corrected chi connectivity index (χ4v) is 7.20. The fraction of sp³-hybridized carbons (Fsp3) is 0.879. The van der Waals surface area contributed by atoms with Gasteiger partial charge in [-0.05, 0) is 70.3 Å². The van der Waals surface area contributed by atoms with Gasteiger partial charge in [0, 0.05) is 19.4 Å². The molecule has 1 amide bonds. The number of amides is 1. The van der Waals surface area contributed by atoms with E-state index in [4.69, 9.17) is 23.5 Å². The standard InChI is InChI=1S/C33H58N2O11S/c36-24-26(35-47(40,41)42)25-43-22-13-6-2-3-8-15-27(37)28-16-10-7-12-20-33-21-14-18-30(46-33)29(45-33)17-9-4-1-5-11-19-31(38)34-23-32(39)44-28/h11,19,26-30,35-37H,1-10,12-18,20-25H2,(H,34,38)(H,40,41,42)/b19-11+/t26-,27?,28?,29+,30+,33-/m0/s1. The van der Waals surface area contributed by atoms with E-state index in [0.29, 0.717) is 19.4 Å². The summed E-state index contributed by atoms with van der Waals surface area (Å²) >= 11 is 0. The van der Waals surface area contributed by atoms with Crippen molar-refractivity contribution in [2.45, 2.75) is 158 Å². The predicted molar refractivity (Wildman–Crippen MR) is 175 cm³/mol. The highest BCUT2D eigenvalue weighted by Gasteiger charge is 2.49. The number of cyclic esters (lactones) is 1. The van der Waals surface area contributed by atoms with Crippen molar-refractivity contribution in [1.82, 2.24) is 10.0 Å². The lowest BCUT2D eigenvalue weighted by Crippen LogP contribution is -2.40. The molecule has 3 bridgehead atoms. The molecule has 47 heavy (non-hydrogen) atoms. The molecule has 0 aromatic rings. The number of aliphatic hydroxyl groups excluding tert-OH is 2. The molecule has 6 atom stereocenters. The molecule has 2 saturated heterocycles. The van der Waals surface area contributed by atoms with Gasteiger partial charge in [-0.15, -0.1) is 0 Å². The van der Waals surface area contributed by atoms with Crippen molar-refractivity contribution in [3.63, 3.8) is 0 Å². The van der Waals surface area contributed by atoms with Gasteiger partial charge in [0.15, 0.2) is 5.79 Å². The molecule has 272 valence electrons. The maximum Gasteiger partial charge on any atom is 0.333 e. The smallest absolute Gasteiger partial charge is 0.333 e. The normalized spacial score (nSPS) is 29.2. The second-order valence-corrected chi connectivity index (χ2v) is 14.4. The summed E-state index contributed by atoms with van der Waals surface area (Å²) in [5, 5.41) is 22.7. The predicted octanol–water partition coefficient (Wildman–Crippen LogP) is 3.62. The van der Waals surface area contributed by atoms with E-state index in [0.717, 1.165) is 109 Å². The first-order valence-corrected chi connectivity index (χ1v) is 19.1. The minimum absolute atomic E-state index is 0.0493. The van der Waals surface area contributed by atoms with Crippen molar-refractivity contribution >= 4 is 22.2 Å². The maximum atomic E-state index is 12.6. The Morgan fingerprint density at radius 1 is 0.936 bits per heavy atom. The molecule has 0 aromatic carbocycles. The van der Waals surface area contributed by atoms with Crippen LogP contribution in [0.3, 0.4) is 0 Å². The molecular weight excluding hydrogens is 632 g/mol. The lowest BCUT2D eigenvalue weighted by Gasteiger charge is -2.31. The van der Waals surface area contributed by atoms with Gasteiger partial charge >= 0.3 is 16.3 Å². The minimum atomic E-state index is -4.41. The van der Waals surface area contributed by atoms with Crippen molar-refractivity contribution in [1.29, 1.82) is 0 Å². The first-order chi connectivity index (χ1) is 22.6. The second-order valence-electron chi connectivity index (χ2n) is 13.2. The molecule has 2 fully saturated rings. The molecule has 3 aliphatic heterocycles. The number of rotatable bonds is 14. The van der Waals surface area contributed by atoms with Crippen molar-refractivity contribution in [3.8, 4) is 0 Å². The quantitative estimate of drug-likeness (QED) is 0.102. The van der Waals surface area contributed by atoms with Crippen molar-refractivity contribution < 1.29 is 51.7 Å². The van der Waals surface area contributed by atoms with Gasteiger partial charge in [0.25, 0.3) is 0 Å². The Morgan fingerprint density at radius 2 is 1.62 bits per heavy atom. The summed E-state index contributed by atoms with van der Waals surface area (Å²) in [7, 11) is -4.41. The van der Waals surface area contributed by atoms with Gasteiger partial charge in [0.1, 0.15) is 12.6 Å². The summed E-state index contributed by atoms with van der Waals surface area (Å²) in [6.45, 7) is -0.404. The van der Waals surface area contributed by atoms with E-state index < -0.39 is 46.9 Å². The molecule has 14 heteroatoms. The van der Waals surface area contributed by atoms with E-state index in [1.807, 2.05) is 10.8 Å². The molecule has 3 rings (SSSR count). The third kappa shape index (κ3) is 16.1. The van der Waals surface area contributed by atoms with Gasteiger partial charge in [0.2, 0.25) is 5.91 Å². The average Bonchev–Trinajstić information content (AvgIpc) is 3.27. The molecule has 2 unspecified atom stereocenters. The number of esters is 1. The van der Waals surface area contributed by atoms with E-state index >= 15 is 0 Å². The van der Waals surface area contributed by atoms with Crippen LogP contribution in [0.2, 0.25) is 0 Å². The van der Waals surface area contributed by atoms with Gasteiger partial charge in [-0.3, -0.25) is 14.1 Å². The summed E-state index contributed by atoms with van der Waals surface area (Å²) in [4.78, 5) is 24.8. The van der Waals surface area contributed by atoms with Gasteiger partial charge in [-0.25, -0.2) is 0 Å². The zero-order chi connectivity index (χ0) is 34.0. The number of allylic oxidation sites excluding steroid dienone is 1. The van der Waals surface area contributed by atoms with Gasteiger partial charge < -0.3 is 34.5 Å². The van der Waals surface area contributed by atoms with Gasteiger partial charge in [-0.1, -0.05) is 51.0 Å². The molecular formula is C33H58N2O11S. The van der Waals surface area contributed by atoms with Crippen LogP contribution in [0.1, 0.15) is 122 Å². The number of hydrogen-bond acceptors (Lipinski definition) is 10. The second kappa shape index (κ2) is 21.4. The van der Waals surface area contributed by atoms with Crippen LogP contribution in [0, 0.1) is 0 Å². The lowest BCUT2D eigenvalue weighted by molar-refractivity contribution is -0.198. The molecule has 5 N–H and O–H groups in total. The first-order valence-electron chi connectivity index (χ1n) is 17.7.